The van der Waals surface area contributed by atoms with Crippen molar-refractivity contribution in [2.45, 2.75) is 32.2 Å². The predicted octanol–water partition coefficient (Wildman–Crippen LogP) is 0.806. The first kappa shape index (κ1) is 12.1. The summed E-state index contributed by atoms with van der Waals surface area (Å²) < 4.78 is 0. The van der Waals surface area contributed by atoms with E-state index >= 15 is 0 Å². The van der Waals surface area contributed by atoms with Gasteiger partial charge in [0.1, 0.15) is 0 Å². The molecule has 1 aromatic heterocycles. The van der Waals surface area contributed by atoms with Gasteiger partial charge in [-0.3, -0.25) is 9.89 Å². The van der Waals surface area contributed by atoms with Crippen molar-refractivity contribution in [2.75, 3.05) is 13.1 Å². The molecule has 0 aliphatic carbocycles. The van der Waals surface area contributed by atoms with E-state index in [1.54, 1.807) is 6.20 Å². The number of piperidine rings is 1. The molecule has 1 aromatic rings. The van der Waals surface area contributed by atoms with Crippen LogP contribution in [0.1, 0.15) is 31.4 Å². The molecule has 0 saturated carbocycles. The molecule has 0 aromatic carbocycles. The van der Waals surface area contributed by atoms with Crippen LogP contribution in [-0.2, 0) is 11.3 Å². The van der Waals surface area contributed by atoms with E-state index in [0.29, 0.717) is 18.9 Å². The van der Waals surface area contributed by atoms with Gasteiger partial charge in [-0.1, -0.05) is 0 Å². The van der Waals surface area contributed by atoms with Gasteiger partial charge in [0.25, 0.3) is 0 Å². The van der Waals surface area contributed by atoms with E-state index in [9.17, 15) is 4.79 Å². The van der Waals surface area contributed by atoms with Crippen LogP contribution in [-0.4, -0.2) is 29.2 Å². The van der Waals surface area contributed by atoms with Gasteiger partial charge in [-0.15, -0.1) is 0 Å². The molecule has 2 heterocycles. The smallest absolute Gasteiger partial charge is 0.220 e. The molecular weight excluding hydrogens is 216 g/mol. The van der Waals surface area contributed by atoms with Crippen LogP contribution in [0.25, 0.3) is 0 Å². The molecule has 94 valence electrons. The van der Waals surface area contributed by atoms with Crippen LogP contribution >= 0.6 is 0 Å². The predicted molar refractivity (Wildman–Crippen MR) is 65.3 cm³/mol. The first-order valence-electron chi connectivity index (χ1n) is 6.30. The number of hydrogen-bond acceptors (Lipinski definition) is 3. The maximum absolute atomic E-state index is 11.6. The normalized spacial score (nSPS) is 20.1. The summed E-state index contributed by atoms with van der Waals surface area (Å²) in [6.07, 6.45) is 5.79. The summed E-state index contributed by atoms with van der Waals surface area (Å²) in [5.41, 5.74) is 0.942. The van der Waals surface area contributed by atoms with Gasteiger partial charge in [0.15, 0.2) is 0 Å². The molecule has 2 rings (SSSR count). The van der Waals surface area contributed by atoms with Crippen molar-refractivity contribution >= 4 is 5.91 Å². The second kappa shape index (κ2) is 6.39. The van der Waals surface area contributed by atoms with E-state index in [1.165, 1.54) is 12.8 Å². The summed E-state index contributed by atoms with van der Waals surface area (Å²) in [4.78, 5) is 11.6. The van der Waals surface area contributed by atoms with Crippen molar-refractivity contribution in [1.29, 1.82) is 0 Å². The highest BCUT2D eigenvalue weighted by atomic mass is 16.1. The van der Waals surface area contributed by atoms with Crippen LogP contribution in [0.2, 0.25) is 0 Å². The maximum atomic E-state index is 11.6. The Morgan fingerprint density at radius 2 is 2.53 bits per heavy atom. The molecular formula is C12H20N4O. The SMILES string of the molecule is O=C(CCC1CCCNC1)NCc1ccn[nH]1. The molecule has 0 spiro atoms. The lowest BCUT2D eigenvalue weighted by molar-refractivity contribution is -0.121. The zero-order valence-corrected chi connectivity index (χ0v) is 10.0. The van der Waals surface area contributed by atoms with E-state index in [0.717, 1.165) is 25.2 Å². The molecule has 1 amide bonds. The zero-order chi connectivity index (χ0) is 11.9. The topological polar surface area (TPSA) is 69.8 Å². The second-order valence-electron chi connectivity index (χ2n) is 4.61. The summed E-state index contributed by atoms with van der Waals surface area (Å²) in [5, 5.41) is 12.9. The second-order valence-corrected chi connectivity index (χ2v) is 4.61. The highest BCUT2D eigenvalue weighted by Crippen LogP contribution is 2.15. The van der Waals surface area contributed by atoms with E-state index < -0.39 is 0 Å². The lowest BCUT2D eigenvalue weighted by Crippen LogP contribution is -2.31. The van der Waals surface area contributed by atoms with Gasteiger partial charge in [-0.05, 0) is 44.3 Å². The Bertz CT molecular complexity index is 330. The van der Waals surface area contributed by atoms with E-state index in [2.05, 4.69) is 20.8 Å². The van der Waals surface area contributed by atoms with Gasteiger partial charge >= 0.3 is 0 Å². The minimum absolute atomic E-state index is 0.130. The number of hydrogen-bond donors (Lipinski definition) is 3. The number of carbonyl (C=O) groups is 1. The minimum Gasteiger partial charge on any atom is -0.350 e. The number of nitrogens with zero attached hydrogens (tertiary/aromatic N) is 1. The van der Waals surface area contributed by atoms with E-state index in [1.807, 2.05) is 6.07 Å². The fraction of sp³-hybridized carbons (Fsp3) is 0.667. The first-order valence-corrected chi connectivity index (χ1v) is 6.30. The van der Waals surface area contributed by atoms with Gasteiger partial charge < -0.3 is 10.6 Å². The van der Waals surface area contributed by atoms with Gasteiger partial charge in [-0.2, -0.15) is 5.10 Å². The Labute approximate surface area is 101 Å². The quantitative estimate of drug-likeness (QED) is 0.708. The largest absolute Gasteiger partial charge is 0.350 e. The summed E-state index contributed by atoms with van der Waals surface area (Å²) in [6, 6.07) is 1.87. The molecule has 1 atom stereocenters. The Hall–Kier alpha value is -1.36. The highest BCUT2D eigenvalue weighted by molar-refractivity contribution is 5.75. The average molecular weight is 236 g/mol. The molecule has 17 heavy (non-hydrogen) atoms. The number of carbonyl (C=O) groups excluding carboxylic acids is 1. The van der Waals surface area contributed by atoms with Crippen molar-refractivity contribution in [2.24, 2.45) is 5.92 Å². The minimum atomic E-state index is 0.130. The Morgan fingerprint density at radius 1 is 1.59 bits per heavy atom. The summed E-state index contributed by atoms with van der Waals surface area (Å²) in [7, 11) is 0. The van der Waals surface area contributed by atoms with Crippen molar-refractivity contribution in [1.82, 2.24) is 20.8 Å². The third-order valence-electron chi connectivity index (χ3n) is 3.21. The van der Waals surface area contributed by atoms with Crippen molar-refractivity contribution in [3.63, 3.8) is 0 Å². The van der Waals surface area contributed by atoms with Crippen molar-refractivity contribution < 1.29 is 4.79 Å². The Kier molecular flexibility index (Phi) is 4.55. The lowest BCUT2D eigenvalue weighted by Gasteiger charge is -2.22. The average Bonchev–Trinajstić information content (AvgIpc) is 2.88. The standard InChI is InChI=1S/C12H20N4O/c17-12(14-9-11-5-7-15-16-11)4-3-10-2-1-6-13-8-10/h5,7,10,13H,1-4,6,8-9H2,(H,14,17)(H,15,16). The van der Waals surface area contributed by atoms with Gasteiger partial charge in [0.05, 0.1) is 12.2 Å². The number of rotatable bonds is 5. The molecule has 0 radical (unpaired) electrons. The molecule has 5 nitrogen and oxygen atoms in total. The van der Waals surface area contributed by atoms with Crippen molar-refractivity contribution in [3.8, 4) is 0 Å². The monoisotopic (exact) mass is 236 g/mol. The highest BCUT2D eigenvalue weighted by Gasteiger charge is 2.14. The zero-order valence-electron chi connectivity index (χ0n) is 10.0. The van der Waals surface area contributed by atoms with Gasteiger partial charge in [0, 0.05) is 12.6 Å². The summed E-state index contributed by atoms with van der Waals surface area (Å²) in [5.74, 6) is 0.798. The molecule has 1 aliphatic heterocycles. The fourth-order valence-electron chi connectivity index (χ4n) is 2.17. The molecule has 1 fully saturated rings. The number of aromatic nitrogens is 2. The Morgan fingerprint density at radius 3 is 3.24 bits per heavy atom. The number of aromatic amines is 1. The molecule has 1 aliphatic rings. The summed E-state index contributed by atoms with van der Waals surface area (Å²) in [6.45, 7) is 2.73. The molecule has 3 N–H and O–H groups in total. The van der Waals surface area contributed by atoms with Crippen LogP contribution in [0.5, 0.6) is 0 Å². The van der Waals surface area contributed by atoms with Crippen molar-refractivity contribution in [3.05, 3.63) is 18.0 Å². The molecule has 5 heteroatoms. The molecule has 1 unspecified atom stereocenters. The van der Waals surface area contributed by atoms with E-state index in [-0.39, 0.29) is 5.91 Å². The third kappa shape index (κ3) is 4.19. The van der Waals surface area contributed by atoms with Crippen LogP contribution in [0.3, 0.4) is 0 Å². The number of amides is 1. The Balaban J connectivity index is 1.60. The van der Waals surface area contributed by atoms with Crippen LogP contribution in [0.15, 0.2) is 12.3 Å². The molecule has 0 bridgehead atoms. The van der Waals surface area contributed by atoms with Gasteiger partial charge in [-0.25, -0.2) is 0 Å². The fourth-order valence-corrected chi connectivity index (χ4v) is 2.17. The first-order chi connectivity index (χ1) is 8.34. The van der Waals surface area contributed by atoms with Crippen LogP contribution in [0, 0.1) is 5.92 Å². The third-order valence-corrected chi connectivity index (χ3v) is 3.21. The van der Waals surface area contributed by atoms with Gasteiger partial charge in [0.2, 0.25) is 5.91 Å². The number of nitrogens with one attached hydrogen (secondary N) is 3. The van der Waals surface area contributed by atoms with Crippen LogP contribution < -0.4 is 10.6 Å². The molecule has 1 saturated heterocycles. The lowest BCUT2D eigenvalue weighted by atomic mass is 9.94. The summed E-state index contributed by atoms with van der Waals surface area (Å²) >= 11 is 0. The maximum Gasteiger partial charge on any atom is 0.220 e. The van der Waals surface area contributed by atoms with Crippen LogP contribution in [0.4, 0.5) is 0 Å². The number of H-pyrrole nitrogens is 1. The van der Waals surface area contributed by atoms with E-state index in [4.69, 9.17) is 0 Å².